The summed E-state index contributed by atoms with van der Waals surface area (Å²) in [6.45, 7) is 6.87. The number of amides is 1. The van der Waals surface area contributed by atoms with Gasteiger partial charge in [0.25, 0.3) is 0 Å². The number of ether oxygens (including phenoxy) is 3. The van der Waals surface area contributed by atoms with E-state index in [1.54, 1.807) is 12.0 Å². The van der Waals surface area contributed by atoms with E-state index in [4.69, 9.17) is 14.2 Å². The van der Waals surface area contributed by atoms with Crippen molar-refractivity contribution in [3.8, 4) is 0 Å². The molecule has 1 amide bonds. The zero-order valence-electron chi connectivity index (χ0n) is 12.7. The molecule has 0 spiro atoms. The maximum absolute atomic E-state index is 11.5. The second-order valence-electron chi connectivity index (χ2n) is 4.87. The maximum atomic E-state index is 11.5. The van der Waals surface area contributed by atoms with Crippen LogP contribution in [0.15, 0.2) is 0 Å². The van der Waals surface area contributed by atoms with Gasteiger partial charge in [-0.1, -0.05) is 0 Å². The van der Waals surface area contributed by atoms with E-state index >= 15 is 0 Å². The molecular weight excluding hydrogens is 260 g/mol. The summed E-state index contributed by atoms with van der Waals surface area (Å²) in [6.07, 6.45) is 2.80. The molecule has 0 aliphatic carbocycles. The smallest absolute Gasteiger partial charge is 0.409 e. The van der Waals surface area contributed by atoms with Crippen LogP contribution < -0.4 is 5.32 Å². The van der Waals surface area contributed by atoms with Crippen molar-refractivity contribution < 1.29 is 19.0 Å². The molecule has 0 unspecified atom stereocenters. The Kier molecular flexibility index (Phi) is 9.36. The van der Waals surface area contributed by atoms with Gasteiger partial charge in [0, 0.05) is 32.8 Å². The lowest BCUT2D eigenvalue weighted by molar-refractivity contribution is 0.0686. The third-order valence-corrected chi connectivity index (χ3v) is 3.35. The first-order chi connectivity index (χ1) is 9.77. The van der Waals surface area contributed by atoms with Crippen molar-refractivity contribution in [2.75, 3.05) is 53.2 Å². The average molecular weight is 288 g/mol. The Morgan fingerprint density at radius 2 is 2.00 bits per heavy atom. The van der Waals surface area contributed by atoms with Crippen LogP contribution in [0.2, 0.25) is 0 Å². The van der Waals surface area contributed by atoms with Gasteiger partial charge in [-0.25, -0.2) is 4.79 Å². The highest BCUT2D eigenvalue weighted by Gasteiger charge is 2.22. The number of piperidine rings is 1. The molecule has 0 aromatic heterocycles. The molecule has 0 bridgehead atoms. The van der Waals surface area contributed by atoms with E-state index in [2.05, 4.69) is 5.32 Å². The normalized spacial score (nSPS) is 16.4. The van der Waals surface area contributed by atoms with E-state index in [-0.39, 0.29) is 6.09 Å². The van der Waals surface area contributed by atoms with Gasteiger partial charge < -0.3 is 24.4 Å². The lowest BCUT2D eigenvalue weighted by Crippen LogP contribution is -2.45. The van der Waals surface area contributed by atoms with Crippen LogP contribution in [-0.4, -0.2) is 70.2 Å². The number of carbonyl (C=O) groups is 1. The molecule has 1 aliphatic heterocycles. The zero-order chi connectivity index (χ0) is 14.6. The minimum atomic E-state index is -0.183. The summed E-state index contributed by atoms with van der Waals surface area (Å²) in [5, 5.41) is 3.51. The van der Waals surface area contributed by atoms with E-state index in [1.165, 1.54) is 0 Å². The van der Waals surface area contributed by atoms with Gasteiger partial charge in [-0.2, -0.15) is 0 Å². The molecule has 0 radical (unpaired) electrons. The van der Waals surface area contributed by atoms with Crippen LogP contribution in [0, 0.1) is 0 Å². The largest absolute Gasteiger partial charge is 0.450 e. The predicted octanol–water partition coefficient (Wildman–Crippen LogP) is 1.25. The first kappa shape index (κ1) is 17.2. The van der Waals surface area contributed by atoms with E-state index in [1.807, 2.05) is 6.92 Å². The monoisotopic (exact) mass is 288 g/mol. The van der Waals surface area contributed by atoms with Crippen LogP contribution >= 0.6 is 0 Å². The van der Waals surface area contributed by atoms with Crippen LogP contribution in [0.5, 0.6) is 0 Å². The molecule has 118 valence electrons. The molecule has 1 N–H and O–H groups in total. The van der Waals surface area contributed by atoms with Crippen molar-refractivity contribution in [2.24, 2.45) is 0 Å². The van der Waals surface area contributed by atoms with Crippen molar-refractivity contribution >= 4 is 6.09 Å². The fourth-order valence-corrected chi connectivity index (χ4v) is 2.21. The predicted molar refractivity (Wildman–Crippen MR) is 76.9 cm³/mol. The fourth-order valence-electron chi connectivity index (χ4n) is 2.21. The highest BCUT2D eigenvalue weighted by atomic mass is 16.6. The second kappa shape index (κ2) is 10.9. The molecule has 1 aliphatic rings. The molecule has 1 heterocycles. The van der Waals surface area contributed by atoms with Crippen molar-refractivity contribution in [3.63, 3.8) is 0 Å². The van der Waals surface area contributed by atoms with E-state index in [9.17, 15) is 4.79 Å². The van der Waals surface area contributed by atoms with E-state index in [0.717, 1.165) is 45.5 Å². The number of rotatable bonds is 9. The van der Waals surface area contributed by atoms with Crippen molar-refractivity contribution in [3.05, 3.63) is 0 Å². The van der Waals surface area contributed by atoms with Gasteiger partial charge in [0.1, 0.15) is 0 Å². The standard InChI is InChI=1S/C14H28N2O4/c1-3-20-14(17)16-8-5-13(6-9-16)15-7-4-10-19-12-11-18-2/h13,15H,3-12H2,1-2H3. The van der Waals surface area contributed by atoms with Gasteiger partial charge in [0.15, 0.2) is 0 Å². The number of nitrogens with one attached hydrogen (secondary N) is 1. The summed E-state index contributed by atoms with van der Waals surface area (Å²) in [4.78, 5) is 13.3. The molecule has 1 rings (SSSR count). The summed E-state index contributed by atoms with van der Waals surface area (Å²) in [6, 6.07) is 0.500. The summed E-state index contributed by atoms with van der Waals surface area (Å²) in [5.74, 6) is 0. The number of nitrogens with zero attached hydrogens (tertiary/aromatic N) is 1. The molecule has 1 saturated heterocycles. The van der Waals surface area contributed by atoms with Gasteiger partial charge >= 0.3 is 6.09 Å². The molecule has 6 heteroatoms. The molecule has 20 heavy (non-hydrogen) atoms. The quantitative estimate of drug-likeness (QED) is 0.647. The summed E-state index contributed by atoms with van der Waals surface area (Å²) >= 11 is 0. The Labute approximate surface area is 121 Å². The van der Waals surface area contributed by atoms with Crippen LogP contribution in [-0.2, 0) is 14.2 Å². The maximum Gasteiger partial charge on any atom is 0.409 e. The summed E-state index contributed by atoms with van der Waals surface area (Å²) in [5.41, 5.74) is 0. The van der Waals surface area contributed by atoms with Gasteiger partial charge in [-0.3, -0.25) is 0 Å². The minimum Gasteiger partial charge on any atom is -0.450 e. The molecule has 1 fully saturated rings. The molecule has 0 aromatic rings. The first-order valence-corrected chi connectivity index (χ1v) is 7.49. The van der Waals surface area contributed by atoms with Crippen LogP contribution in [0.4, 0.5) is 4.79 Å². The SMILES string of the molecule is CCOC(=O)N1CCC(NCCCOCCOC)CC1. The van der Waals surface area contributed by atoms with Crippen LogP contribution in [0.25, 0.3) is 0 Å². The number of methoxy groups -OCH3 is 1. The molecule has 0 saturated carbocycles. The number of hydrogen-bond acceptors (Lipinski definition) is 5. The highest BCUT2D eigenvalue weighted by molar-refractivity contribution is 5.67. The molecular formula is C14H28N2O4. The Hall–Kier alpha value is -0.850. The number of likely N-dealkylation sites (tertiary alicyclic amines) is 1. The average Bonchev–Trinajstić information content (AvgIpc) is 2.47. The lowest BCUT2D eigenvalue weighted by atomic mass is 10.1. The summed E-state index contributed by atoms with van der Waals surface area (Å²) in [7, 11) is 1.67. The third kappa shape index (κ3) is 7.07. The van der Waals surface area contributed by atoms with Gasteiger partial charge in [-0.15, -0.1) is 0 Å². The fraction of sp³-hybridized carbons (Fsp3) is 0.929. The van der Waals surface area contributed by atoms with E-state index < -0.39 is 0 Å². The number of hydrogen-bond donors (Lipinski definition) is 1. The Bertz CT molecular complexity index is 256. The van der Waals surface area contributed by atoms with Crippen molar-refractivity contribution in [2.45, 2.75) is 32.2 Å². The zero-order valence-corrected chi connectivity index (χ0v) is 12.7. The van der Waals surface area contributed by atoms with E-state index in [0.29, 0.717) is 25.9 Å². The second-order valence-corrected chi connectivity index (χ2v) is 4.87. The molecule has 6 nitrogen and oxygen atoms in total. The van der Waals surface area contributed by atoms with Crippen molar-refractivity contribution in [1.29, 1.82) is 0 Å². The molecule has 0 aromatic carbocycles. The molecule has 0 atom stereocenters. The minimum absolute atomic E-state index is 0.183. The van der Waals surface area contributed by atoms with Crippen LogP contribution in [0.1, 0.15) is 26.2 Å². The van der Waals surface area contributed by atoms with Gasteiger partial charge in [0.2, 0.25) is 0 Å². The summed E-state index contributed by atoms with van der Waals surface area (Å²) < 4.78 is 15.3. The van der Waals surface area contributed by atoms with Gasteiger partial charge in [0.05, 0.1) is 19.8 Å². The first-order valence-electron chi connectivity index (χ1n) is 7.49. The van der Waals surface area contributed by atoms with Crippen LogP contribution in [0.3, 0.4) is 0 Å². The Morgan fingerprint density at radius 3 is 2.65 bits per heavy atom. The number of carbonyl (C=O) groups excluding carboxylic acids is 1. The highest BCUT2D eigenvalue weighted by Crippen LogP contribution is 2.11. The lowest BCUT2D eigenvalue weighted by Gasteiger charge is -2.31. The Balaban J connectivity index is 1.98. The van der Waals surface area contributed by atoms with Gasteiger partial charge in [-0.05, 0) is 32.7 Å². The van der Waals surface area contributed by atoms with Crippen molar-refractivity contribution in [1.82, 2.24) is 10.2 Å². The Morgan fingerprint density at radius 1 is 1.25 bits per heavy atom. The third-order valence-electron chi connectivity index (χ3n) is 3.35. The topological polar surface area (TPSA) is 60.0 Å².